The fourth-order valence-electron chi connectivity index (χ4n) is 3.99. The maximum absolute atomic E-state index is 13.9. The van der Waals surface area contributed by atoms with Crippen LogP contribution in [0.5, 0.6) is 0 Å². The van der Waals surface area contributed by atoms with Gasteiger partial charge in [0.15, 0.2) is 0 Å². The van der Waals surface area contributed by atoms with Crippen LogP contribution in [0.3, 0.4) is 0 Å². The van der Waals surface area contributed by atoms with Gasteiger partial charge >= 0.3 is 12.3 Å². The summed E-state index contributed by atoms with van der Waals surface area (Å²) in [6.07, 6.45) is -3.71. The summed E-state index contributed by atoms with van der Waals surface area (Å²) in [7, 11) is 0. The first kappa shape index (κ1) is 24.1. The summed E-state index contributed by atoms with van der Waals surface area (Å²) in [5.74, 6) is -0.138. The Morgan fingerprint density at radius 3 is 2.62 bits per heavy atom. The van der Waals surface area contributed by atoms with E-state index in [9.17, 15) is 22.8 Å². The molecule has 1 N–H and O–H groups in total. The molecule has 8 nitrogen and oxygen atoms in total. The summed E-state index contributed by atoms with van der Waals surface area (Å²) in [5, 5.41) is 12.7. The lowest BCUT2D eigenvalue weighted by molar-refractivity contribution is -0.136. The Morgan fingerprint density at radius 2 is 2.03 bits per heavy atom. The summed E-state index contributed by atoms with van der Waals surface area (Å²) in [6.45, 7) is 3.58. The molecule has 2 saturated heterocycles. The monoisotopic (exact) mass is 495 g/mol. The van der Waals surface area contributed by atoms with Crippen LogP contribution in [-0.2, 0) is 10.9 Å². The number of rotatable bonds is 5. The molecule has 1 atom stereocenters. The van der Waals surface area contributed by atoms with E-state index in [-0.39, 0.29) is 46.1 Å². The molecule has 0 saturated carbocycles. The number of hydrogen-bond donors (Lipinski definition) is 1. The molecule has 4 heterocycles. The smallest absolute Gasteiger partial charge is 0.417 e. The third-order valence-electron chi connectivity index (χ3n) is 5.99. The first-order valence-electron chi connectivity index (χ1n) is 11.0. The van der Waals surface area contributed by atoms with E-state index < -0.39 is 17.8 Å². The number of pyridine rings is 1. The number of aromatic nitrogens is 1. The molecule has 0 aromatic carbocycles. The number of amides is 2. The van der Waals surface area contributed by atoms with Crippen LogP contribution in [-0.4, -0.2) is 60.2 Å². The molecular weight excluding hydrogens is 471 g/mol. The van der Waals surface area contributed by atoms with Crippen molar-refractivity contribution in [3.8, 4) is 6.07 Å². The summed E-state index contributed by atoms with van der Waals surface area (Å²) in [5.41, 5.74) is -0.520. The van der Waals surface area contributed by atoms with Crippen molar-refractivity contribution in [2.75, 3.05) is 31.1 Å². The van der Waals surface area contributed by atoms with Gasteiger partial charge in [0.1, 0.15) is 11.9 Å². The second-order valence-corrected chi connectivity index (χ2v) is 9.38. The molecule has 0 unspecified atom stereocenters. The molecule has 2 aromatic heterocycles. The van der Waals surface area contributed by atoms with Crippen molar-refractivity contribution in [2.45, 2.75) is 50.9 Å². The topological polar surface area (TPSA) is 98.6 Å². The Kier molecular flexibility index (Phi) is 6.84. The molecule has 2 amide bonds. The quantitative estimate of drug-likeness (QED) is 0.669. The Labute approximate surface area is 198 Å². The number of nitrogens with one attached hydrogen (secondary N) is 1. The number of piperidine rings is 1. The summed E-state index contributed by atoms with van der Waals surface area (Å²) in [6, 6.07) is 2.66. The van der Waals surface area contributed by atoms with E-state index in [2.05, 4.69) is 10.3 Å². The van der Waals surface area contributed by atoms with E-state index in [1.165, 1.54) is 5.38 Å². The van der Waals surface area contributed by atoms with Crippen LogP contribution in [0, 0.1) is 11.3 Å². The van der Waals surface area contributed by atoms with Gasteiger partial charge in [-0.05, 0) is 19.4 Å². The van der Waals surface area contributed by atoms with Crippen LogP contribution in [0.2, 0.25) is 0 Å². The highest BCUT2D eigenvalue weighted by Crippen LogP contribution is 2.41. The SMILES string of the molecule is C[C@@H](CC#N)NC(=O)OC1CCN(c2cc(C(F)(F)F)c3scc(C(=O)N4CCC4)c3n2)CC1. The highest BCUT2D eigenvalue weighted by molar-refractivity contribution is 7.17. The highest BCUT2D eigenvalue weighted by Gasteiger charge is 2.37. The number of alkyl carbamates (subject to hydrolysis) is 1. The standard InChI is InChI=1S/C22H24F3N5O3S/c1-13(3-6-26)27-21(32)33-14-4-9-29(10-5-14)17-11-16(22(23,24)25)19-18(28-17)15(12-34-19)20(31)30-7-2-8-30/h11-14H,2-5,7-10H2,1H3,(H,27,32)/t13-/m0/s1. The third kappa shape index (κ3) is 5.04. The van der Waals surface area contributed by atoms with Crippen molar-refractivity contribution in [1.29, 1.82) is 5.26 Å². The summed E-state index contributed by atoms with van der Waals surface area (Å²) in [4.78, 5) is 32.5. The number of fused-ring (bicyclic) bond motifs is 1. The van der Waals surface area contributed by atoms with Crippen molar-refractivity contribution in [3.05, 3.63) is 22.6 Å². The number of thiophene rings is 1. The average molecular weight is 496 g/mol. The molecule has 2 aliphatic heterocycles. The molecule has 2 aliphatic rings. The van der Waals surface area contributed by atoms with Crippen molar-refractivity contribution in [1.82, 2.24) is 15.2 Å². The summed E-state index contributed by atoms with van der Waals surface area (Å²) >= 11 is 0.885. The number of nitrogens with zero attached hydrogens (tertiary/aromatic N) is 4. The molecule has 0 spiro atoms. The van der Waals surface area contributed by atoms with Crippen LogP contribution in [0.1, 0.15) is 48.5 Å². The molecule has 0 aliphatic carbocycles. The van der Waals surface area contributed by atoms with Gasteiger partial charge < -0.3 is 19.9 Å². The lowest BCUT2D eigenvalue weighted by atomic mass is 10.1. The minimum Gasteiger partial charge on any atom is -0.446 e. The number of carbonyl (C=O) groups excluding carboxylic acids is 2. The molecule has 182 valence electrons. The number of hydrogen-bond acceptors (Lipinski definition) is 7. The van der Waals surface area contributed by atoms with E-state index in [1.54, 1.807) is 16.7 Å². The zero-order valence-electron chi connectivity index (χ0n) is 18.5. The Balaban J connectivity index is 1.51. The lowest BCUT2D eigenvalue weighted by Gasteiger charge is -2.33. The number of carbonyl (C=O) groups is 2. The van der Waals surface area contributed by atoms with Crippen LogP contribution in [0.4, 0.5) is 23.8 Å². The van der Waals surface area contributed by atoms with Crippen LogP contribution in [0.15, 0.2) is 11.4 Å². The molecule has 4 rings (SSSR count). The van der Waals surface area contributed by atoms with Crippen molar-refractivity contribution >= 4 is 39.4 Å². The molecule has 0 bridgehead atoms. The number of halogens is 3. The van der Waals surface area contributed by atoms with E-state index in [4.69, 9.17) is 10.00 Å². The average Bonchev–Trinajstić information content (AvgIpc) is 3.15. The molecule has 34 heavy (non-hydrogen) atoms. The molecular formula is C22H24F3N5O3S. The molecule has 2 fully saturated rings. The maximum atomic E-state index is 13.9. The van der Waals surface area contributed by atoms with Gasteiger partial charge in [0.25, 0.3) is 5.91 Å². The van der Waals surface area contributed by atoms with E-state index >= 15 is 0 Å². The third-order valence-corrected chi connectivity index (χ3v) is 6.99. The van der Waals surface area contributed by atoms with Gasteiger partial charge in [-0.25, -0.2) is 9.78 Å². The minimum absolute atomic E-state index is 0.0403. The first-order valence-corrected chi connectivity index (χ1v) is 11.9. The van der Waals surface area contributed by atoms with Gasteiger partial charge in [-0.3, -0.25) is 4.79 Å². The Hall–Kier alpha value is -3.07. The predicted molar refractivity (Wildman–Crippen MR) is 120 cm³/mol. The fraction of sp³-hybridized carbons (Fsp3) is 0.545. The van der Waals surface area contributed by atoms with E-state index in [0.29, 0.717) is 39.0 Å². The minimum atomic E-state index is -4.59. The second kappa shape index (κ2) is 9.66. The normalized spacial score (nSPS) is 17.7. The van der Waals surface area contributed by atoms with E-state index in [0.717, 1.165) is 23.8 Å². The number of ether oxygens (including phenoxy) is 1. The molecule has 0 radical (unpaired) electrons. The van der Waals surface area contributed by atoms with Crippen molar-refractivity contribution < 1.29 is 27.5 Å². The zero-order chi connectivity index (χ0) is 24.5. The van der Waals surface area contributed by atoms with Gasteiger partial charge in [0.2, 0.25) is 0 Å². The van der Waals surface area contributed by atoms with Crippen LogP contribution in [0.25, 0.3) is 10.2 Å². The second-order valence-electron chi connectivity index (χ2n) is 8.50. The number of anilines is 1. The predicted octanol–water partition coefficient (Wildman–Crippen LogP) is 4.16. The number of likely N-dealkylation sites (tertiary alicyclic amines) is 1. The number of nitriles is 1. The van der Waals surface area contributed by atoms with E-state index in [1.807, 2.05) is 6.07 Å². The highest BCUT2D eigenvalue weighted by atomic mass is 32.1. The zero-order valence-corrected chi connectivity index (χ0v) is 19.3. The maximum Gasteiger partial charge on any atom is 0.417 e. The van der Waals surface area contributed by atoms with Gasteiger partial charge in [-0.15, -0.1) is 11.3 Å². The van der Waals surface area contributed by atoms with Gasteiger partial charge in [-0.2, -0.15) is 18.4 Å². The Bertz CT molecular complexity index is 1120. The fourth-order valence-corrected chi connectivity index (χ4v) is 5.00. The number of alkyl halides is 3. The largest absolute Gasteiger partial charge is 0.446 e. The van der Waals surface area contributed by atoms with Gasteiger partial charge in [0, 0.05) is 50.4 Å². The Morgan fingerprint density at radius 1 is 1.32 bits per heavy atom. The van der Waals surface area contributed by atoms with Gasteiger partial charge in [0.05, 0.1) is 33.8 Å². The van der Waals surface area contributed by atoms with Gasteiger partial charge in [-0.1, -0.05) is 0 Å². The van der Waals surface area contributed by atoms with Crippen LogP contribution >= 0.6 is 11.3 Å². The summed E-state index contributed by atoms with van der Waals surface area (Å²) < 4.78 is 46.9. The van der Waals surface area contributed by atoms with Crippen molar-refractivity contribution in [3.63, 3.8) is 0 Å². The van der Waals surface area contributed by atoms with Crippen LogP contribution < -0.4 is 10.2 Å². The molecule has 2 aromatic rings. The first-order chi connectivity index (χ1) is 16.2. The lowest BCUT2D eigenvalue weighted by Crippen LogP contribution is -2.42. The van der Waals surface area contributed by atoms with Crippen molar-refractivity contribution in [2.24, 2.45) is 0 Å². The molecule has 12 heteroatoms.